The minimum absolute atomic E-state index is 0.0339. The van der Waals surface area contributed by atoms with E-state index in [0.717, 1.165) is 11.4 Å². The van der Waals surface area contributed by atoms with Crippen LogP contribution in [0.5, 0.6) is 5.75 Å². The molecule has 0 saturated carbocycles. The minimum atomic E-state index is -0.287. The van der Waals surface area contributed by atoms with E-state index in [1.165, 1.54) is 0 Å². The first-order valence-corrected chi connectivity index (χ1v) is 5.76. The molecule has 4 heteroatoms. The van der Waals surface area contributed by atoms with Crippen molar-refractivity contribution < 1.29 is 14.2 Å². The van der Waals surface area contributed by atoms with E-state index in [9.17, 15) is 0 Å². The fourth-order valence-electron chi connectivity index (χ4n) is 1.69. The standard InChI is InChI=1S/C13H21NO3/c1-5-17-12-9-7-6-8-11(12)14-10(2)13(15-3)16-4/h6-10,13-14H,5H2,1-4H3. The van der Waals surface area contributed by atoms with Crippen LogP contribution in [0.2, 0.25) is 0 Å². The Morgan fingerprint density at radius 3 is 2.41 bits per heavy atom. The molecule has 0 heterocycles. The Labute approximate surface area is 103 Å². The molecule has 0 amide bonds. The van der Waals surface area contributed by atoms with Gasteiger partial charge in [-0.3, -0.25) is 0 Å². The van der Waals surface area contributed by atoms with Crippen LogP contribution in [0.4, 0.5) is 5.69 Å². The van der Waals surface area contributed by atoms with E-state index in [0.29, 0.717) is 6.61 Å². The van der Waals surface area contributed by atoms with Crippen molar-refractivity contribution in [1.82, 2.24) is 0 Å². The zero-order valence-corrected chi connectivity index (χ0v) is 10.9. The van der Waals surface area contributed by atoms with Crippen molar-refractivity contribution in [2.45, 2.75) is 26.2 Å². The average Bonchev–Trinajstić information content (AvgIpc) is 2.33. The molecule has 1 rings (SSSR count). The molecule has 0 fully saturated rings. The summed E-state index contributed by atoms with van der Waals surface area (Å²) in [5, 5.41) is 3.32. The summed E-state index contributed by atoms with van der Waals surface area (Å²) in [5.74, 6) is 0.841. The molecule has 1 atom stereocenters. The largest absolute Gasteiger partial charge is 0.492 e. The summed E-state index contributed by atoms with van der Waals surface area (Å²) < 4.78 is 16.0. The van der Waals surface area contributed by atoms with E-state index < -0.39 is 0 Å². The average molecular weight is 239 g/mol. The van der Waals surface area contributed by atoms with Gasteiger partial charge in [0.2, 0.25) is 0 Å². The summed E-state index contributed by atoms with van der Waals surface area (Å²) >= 11 is 0. The third kappa shape index (κ3) is 3.91. The van der Waals surface area contributed by atoms with Crippen LogP contribution in [0.3, 0.4) is 0 Å². The normalized spacial score (nSPS) is 12.5. The van der Waals surface area contributed by atoms with Crippen LogP contribution in [0.15, 0.2) is 24.3 Å². The molecular weight excluding hydrogens is 218 g/mol. The van der Waals surface area contributed by atoms with Crippen LogP contribution in [-0.2, 0) is 9.47 Å². The van der Waals surface area contributed by atoms with E-state index >= 15 is 0 Å². The van der Waals surface area contributed by atoms with Gasteiger partial charge in [-0.2, -0.15) is 0 Å². The first-order chi connectivity index (χ1) is 8.22. The van der Waals surface area contributed by atoms with Gasteiger partial charge in [0.25, 0.3) is 0 Å². The maximum absolute atomic E-state index is 5.54. The molecule has 0 aliphatic carbocycles. The van der Waals surface area contributed by atoms with Gasteiger partial charge in [0.1, 0.15) is 5.75 Å². The quantitative estimate of drug-likeness (QED) is 0.742. The molecule has 0 radical (unpaired) electrons. The van der Waals surface area contributed by atoms with Gasteiger partial charge in [-0.1, -0.05) is 12.1 Å². The van der Waals surface area contributed by atoms with Gasteiger partial charge < -0.3 is 19.5 Å². The molecule has 0 aliphatic rings. The lowest BCUT2D eigenvalue weighted by molar-refractivity contribution is -0.109. The second kappa shape index (κ2) is 7.14. The Hall–Kier alpha value is -1.26. The lowest BCUT2D eigenvalue weighted by Gasteiger charge is -2.24. The molecular formula is C13H21NO3. The Morgan fingerprint density at radius 2 is 1.82 bits per heavy atom. The van der Waals surface area contributed by atoms with Crippen molar-refractivity contribution in [1.29, 1.82) is 0 Å². The fourth-order valence-corrected chi connectivity index (χ4v) is 1.69. The molecule has 96 valence electrons. The fraction of sp³-hybridized carbons (Fsp3) is 0.538. The lowest BCUT2D eigenvalue weighted by Crippen LogP contribution is -2.33. The van der Waals surface area contributed by atoms with E-state index in [4.69, 9.17) is 14.2 Å². The zero-order chi connectivity index (χ0) is 12.7. The van der Waals surface area contributed by atoms with Gasteiger partial charge in [0, 0.05) is 14.2 Å². The number of methoxy groups -OCH3 is 2. The summed E-state index contributed by atoms with van der Waals surface area (Å²) in [6, 6.07) is 7.86. The number of para-hydroxylation sites is 2. The number of anilines is 1. The highest BCUT2D eigenvalue weighted by Gasteiger charge is 2.16. The molecule has 4 nitrogen and oxygen atoms in total. The summed E-state index contributed by atoms with van der Waals surface area (Å²) in [6.45, 7) is 4.61. The third-order valence-electron chi connectivity index (χ3n) is 2.44. The molecule has 17 heavy (non-hydrogen) atoms. The molecule has 1 N–H and O–H groups in total. The second-order valence-electron chi connectivity index (χ2n) is 3.70. The molecule has 1 aromatic carbocycles. The third-order valence-corrected chi connectivity index (χ3v) is 2.44. The predicted octanol–water partition coefficient (Wildman–Crippen LogP) is 2.50. The van der Waals surface area contributed by atoms with Gasteiger partial charge in [0.15, 0.2) is 6.29 Å². The SMILES string of the molecule is CCOc1ccccc1NC(C)C(OC)OC. The number of hydrogen-bond donors (Lipinski definition) is 1. The summed E-state index contributed by atoms with van der Waals surface area (Å²) in [5.41, 5.74) is 0.945. The van der Waals surface area contributed by atoms with E-state index in [1.807, 2.05) is 38.1 Å². The Bertz CT molecular complexity index is 326. The van der Waals surface area contributed by atoms with Crippen LogP contribution in [-0.4, -0.2) is 33.2 Å². The Kier molecular flexibility index (Phi) is 5.80. The molecule has 0 saturated heterocycles. The highest BCUT2D eigenvalue weighted by molar-refractivity contribution is 5.56. The van der Waals surface area contributed by atoms with Gasteiger partial charge in [-0.15, -0.1) is 0 Å². The number of nitrogens with one attached hydrogen (secondary N) is 1. The number of benzene rings is 1. The maximum atomic E-state index is 5.54. The van der Waals surface area contributed by atoms with Crippen LogP contribution in [0.1, 0.15) is 13.8 Å². The van der Waals surface area contributed by atoms with Gasteiger partial charge >= 0.3 is 0 Å². The molecule has 0 aromatic heterocycles. The highest BCUT2D eigenvalue weighted by Crippen LogP contribution is 2.25. The highest BCUT2D eigenvalue weighted by atomic mass is 16.7. The number of rotatable bonds is 7. The van der Waals surface area contributed by atoms with Gasteiger partial charge in [-0.05, 0) is 26.0 Å². The van der Waals surface area contributed by atoms with E-state index in [1.54, 1.807) is 14.2 Å². The van der Waals surface area contributed by atoms with Crippen molar-refractivity contribution >= 4 is 5.69 Å². The topological polar surface area (TPSA) is 39.7 Å². The van der Waals surface area contributed by atoms with E-state index in [2.05, 4.69) is 5.32 Å². The number of hydrogen-bond acceptors (Lipinski definition) is 4. The first-order valence-electron chi connectivity index (χ1n) is 5.76. The van der Waals surface area contributed by atoms with Crippen LogP contribution in [0.25, 0.3) is 0 Å². The lowest BCUT2D eigenvalue weighted by atomic mass is 10.2. The first kappa shape index (κ1) is 13.8. The van der Waals surface area contributed by atoms with Crippen molar-refractivity contribution in [2.24, 2.45) is 0 Å². The van der Waals surface area contributed by atoms with E-state index in [-0.39, 0.29) is 12.3 Å². The Balaban J connectivity index is 2.72. The summed E-state index contributed by atoms with van der Waals surface area (Å²) in [7, 11) is 3.25. The predicted molar refractivity (Wildman–Crippen MR) is 68.5 cm³/mol. The monoisotopic (exact) mass is 239 g/mol. The van der Waals surface area contributed by atoms with Gasteiger partial charge in [-0.25, -0.2) is 0 Å². The molecule has 1 aromatic rings. The second-order valence-corrected chi connectivity index (χ2v) is 3.70. The van der Waals surface area contributed by atoms with Crippen molar-refractivity contribution in [3.63, 3.8) is 0 Å². The van der Waals surface area contributed by atoms with Crippen molar-refractivity contribution in [3.8, 4) is 5.75 Å². The molecule has 0 aliphatic heterocycles. The molecule has 0 spiro atoms. The molecule has 1 unspecified atom stereocenters. The maximum Gasteiger partial charge on any atom is 0.176 e. The van der Waals surface area contributed by atoms with Crippen molar-refractivity contribution in [3.05, 3.63) is 24.3 Å². The minimum Gasteiger partial charge on any atom is -0.492 e. The smallest absolute Gasteiger partial charge is 0.176 e. The summed E-state index contributed by atoms with van der Waals surface area (Å²) in [6.07, 6.45) is -0.287. The van der Waals surface area contributed by atoms with Crippen LogP contribution >= 0.6 is 0 Å². The summed E-state index contributed by atoms with van der Waals surface area (Å²) in [4.78, 5) is 0. The van der Waals surface area contributed by atoms with Crippen molar-refractivity contribution in [2.75, 3.05) is 26.1 Å². The molecule has 0 bridgehead atoms. The van der Waals surface area contributed by atoms with Crippen LogP contribution in [0, 0.1) is 0 Å². The van der Waals surface area contributed by atoms with Crippen LogP contribution < -0.4 is 10.1 Å². The Morgan fingerprint density at radius 1 is 1.18 bits per heavy atom. The van der Waals surface area contributed by atoms with Gasteiger partial charge in [0.05, 0.1) is 18.3 Å². The zero-order valence-electron chi connectivity index (χ0n) is 10.9. The number of ether oxygens (including phenoxy) is 3.